The van der Waals surface area contributed by atoms with Crippen LogP contribution < -0.4 is 9.64 Å². The molecule has 0 fully saturated rings. The molecule has 3 rings (SSSR count). The van der Waals surface area contributed by atoms with Gasteiger partial charge in [0.05, 0.1) is 17.7 Å². The maximum atomic E-state index is 13.5. The summed E-state index contributed by atoms with van der Waals surface area (Å²) in [5.74, 6) is 0.851. The van der Waals surface area contributed by atoms with E-state index in [4.69, 9.17) is 9.72 Å². The highest BCUT2D eigenvalue weighted by atomic mass is 32.1. The van der Waals surface area contributed by atoms with Gasteiger partial charge in [0.2, 0.25) is 5.91 Å². The number of thiazole rings is 1. The number of benzene rings is 2. The molecule has 1 amide bonds. The van der Waals surface area contributed by atoms with Gasteiger partial charge in [-0.2, -0.15) is 0 Å². The third-order valence-electron chi connectivity index (χ3n) is 5.58. The van der Waals surface area contributed by atoms with Crippen molar-refractivity contribution < 1.29 is 9.53 Å². The Morgan fingerprint density at radius 3 is 2.52 bits per heavy atom. The van der Waals surface area contributed by atoms with E-state index in [-0.39, 0.29) is 5.91 Å². The molecule has 0 unspecified atom stereocenters. The number of likely N-dealkylation sites (N-methyl/N-ethyl adjacent to an activating group) is 1. The summed E-state index contributed by atoms with van der Waals surface area (Å²) in [6.07, 6.45) is 0.374. The van der Waals surface area contributed by atoms with Crippen molar-refractivity contribution in [2.24, 2.45) is 0 Å². The van der Waals surface area contributed by atoms with E-state index >= 15 is 0 Å². The minimum Gasteiger partial charge on any atom is -0.492 e. The van der Waals surface area contributed by atoms with Crippen LogP contribution >= 0.6 is 11.3 Å². The van der Waals surface area contributed by atoms with E-state index in [2.05, 4.69) is 50.8 Å². The van der Waals surface area contributed by atoms with Gasteiger partial charge < -0.3 is 9.64 Å². The molecule has 0 atom stereocenters. The predicted molar refractivity (Wildman–Crippen MR) is 131 cm³/mol. The molecule has 6 heteroatoms. The van der Waals surface area contributed by atoms with E-state index in [0.717, 1.165) is 51.9 Å². The second-order valence-corrected chi connectivity index (χ2v) is 8.72. The predicted octanol–water partition coefficient (Wildman–Crippen LogP) is 5.23. The third-order valence-corrected chi connectivity index (χ3v) is 6.62. The van der Waals surface area contributed by atoms with Crippen LogP contribution in [0.2, 0.25) is 0 Å². The van der Waals surface area contributed by atoms with Crippen LogP contribution in [0.5, 0.6) is 5.75 Å². The van der Waals surface area contributed by atoms with Crippen LogP contribution in [0.15, 0.2) is 36.4 Å². The second kappa shape index (κ2) is 10.7. The minimum atomic E-state index is 0.0797. The Morgan fingerprint density at radius 1 is 1.06 bits per heavy atom. The number of anilines is 1. The Bertz CT molecular complexity index is 1030. The summed E-state index contributed by atoms with van der Waals surface area (Å²) < 4.78 is 6.80. The van der Waals surface area contributed by atoms with E-state index in [1.54, 1.807) is 11.3 Å². The zero-order valence-electron chi connectivity index (χ0n) is 19.3. The molecular weight excluding hydrogens is 406 g/mol. The highest BCUT2D eigenvalue weighted by Crippen LogP contribution is 2.34. The monoisotopic (exact) mass is 439 g/mol. The Morgan fingerprint density at radius 2 is 1.84 bits per heavy atom. The van der Waals surface area contributed by atoms with Crippen molar-refractivity contribution in [3.8, 4) is 5.75 Å². The molecule has 0 aliphatic carbocycles. The normalized spacial score (nSPS) is 11.3. The molecule has 0 bridgehead atoms. The molecule has 0 spiro atoms. The highest BCUT2D eigenvalue weighted by molar-refractivity contribution is 7.22. The summed E-state index contributed by atoms with van der Waals surface area (Å²) in [4.78, 5) is 22.5. The molecule has 31 heavy (non-hydrogen) atoms. The molecule has 0 aliphatic heterocycles. The van der Waals surface area contributed by atoms with Gasteiger partial charge >= 0.3 is 0 Å². The fourth-order valence-corrected chi connectivity index (χ4v) is 4.74. The number of ether oxygens (including phenoxy) is 1. The van der Waals surface area contributed by atoms with Gasteiger partial charge in [-0.15, -0.1) is 0 Å². The topological polar surface area (TPSA) is 45.7 Å². The van der Waals surface area contributed by atoms with Gasteiger partial charge in [0.15, 0.2) is 5.13 Å². The first kappa shape index (κ1) is 23.2. The van der Waals surface area contributed by atoms with Crippen molar-refractivity contribution in [3.63, 3.8) is 0 Å². The molecule has 5 nitrogen and oxygen atoms in total. The summed E-state index contributed by atoms with van der Waals surface area (Å²) in [7, 11) is 0. The number of hydrogen-bond donors (Lipinski definition) is 0. The van der Waals surface area contributed by atoms with Gasteiger partial charge in [0.1, 0.15) is 11.3 Å². The summed E-state index contributed by atoms with van der Waals surface area (Å²) in [6, 6.07) is 12.2. The molecule has 2 aromatic carbocycles. The van der Waals surface area contributed by atoms with Crippen molar-refractivity contribution in [2.45, 2.75) is 41.0 Å². The first-order valence-corrected chi connectivity index (χ1v) is 11.9. The number of carbonyl (C=O) groups excluding carboxylic acids is 1. The molecular formula is C25H33N3O2S. The summed E-state index contributed by atoms with van der Waals surface area (Å²) in [6.45, 7) is 14.4. The van der Waals surface area contributed by atoms with Crippen molar-refractivity contribution in [1.29, 1.82) is 0 Å². The molecule has 1 heterocycles. The standard InChI is InChI=1S/C25H33N3O2S/c1-6-27(7-2)14-15-28(23(29)17-20-13-12-18(4)16-19(20)5)25-26-24-21(30-8-3)10-9-11-22(24)31-25/h9-13,16H,6-8,14-15,17H2,1-5H3. The third kappa shape index (κ3) is 5.63. The lowest BCUT2D eigenvalue weighted by molar-refractivity contribution is -0.118. The van der Waals surface area contributed by atoms with E-state index in [1.165, 1.54) is 5.56 Å². The maximum Gasteiger partial charge on any atom is 0.233 e. The average molecular weight is 440 g/mol. The van der Waals surface area contributed by atoms with E-state index in [0.29, 0.717) is 19.6 Å². The molecule has 0 radical (unpaired) electrons. The number of aryl methyl sites for hydroxylation is 2. The SMILES string of the molecule is CCOc1cccc2sc(N(CCN(CC)CC)C(=O)Cc3ccc(C)cc3C)nc12. The molecule has 0 N–H and O–H groups in total. The number of nitrogens with zero attached hydrogens (tertiary/aromatic N) is 3. The average Bonchev–Trinajstić information content (AvgIpc) is 3.18. The van der Waals surface area contributed by atoms with Crippen LogP contribution in [0, 0.1) is 13.8 Å². The number of rotatable bonds is 10. The Kier molecular flexibility index (Phi) is 8.04. The van der Waals surface area contributed by atoms with Crippen LogP contribution in [-0.2, 0) is 11.2 Å². The number of carbonyl (C=O) groups is 1. The molecule has 0 saturated heterocycles. The maximum absolute atomic E-state index is 13.5. The minimum absolute atomic E-state index is 0.0797. The first-order valence-electron chi connectivity index (χ1n) is 11.1. The van der Waals surface area contributed by atoms with E-state index in [9.17, 15) is 4.79 Å². The van der Waals surface area contributed by atoms with Crippen LogP contribution in [0.25, 0.3) is 10.2 Å². The lowest BCUT2D eigenvalue weighted by Gasteiger charge is -2.25. The van der Waals surface area contributed by atoms with Crippen molar-refractivity contribution in [1.82, 2.24) is 9.88 Å². The molecule has 166 valence electrons. The lowest BCUT2D eigenvalue weighted by Crippen LogP contribution is -2.39. The number of hydrogen-bond acceptors (Lipinski definition) is 5. The fourth-order valence-electron chi connectivity index (χ4n) is 3.71. The summed E-state index contributed by atoms with van der Waals surface area (Å²) >= 11 is 1.55. The zero-order valence-corrected chi connectivity index (χ0v) is 20.1. The number of para-hydroxylation sites is 1. The van der Waals surface area contributed by atoms with Gasteiger partial charge in [0, 0.05) is 13.1 Å². The summed E-state index contributed by atoms with van der Waals surface area (Å²) in [5.41, 5.74) is 4.26. The van der Waals surface area contributed by atoms with Gasteiger partial charge in [-0.25, -0.2) is 4.98 Å². The number of aromatic nitrogens is 1. The Hall–Kier alpha value is -2.44. The van der Waals surface area contributed by atoms with Crippen molar-refractivity contribution >= 4 is 32.6 Å². The van der Waals surface area contributed by atoms with Crippen LogP contribution in [0.4, 0.5) is 5.13 Å². The van der Waals surface area contributed by atoms with Gasteiger partial charge in [-0.3, -0.25) is 9.69 Å². The first-order chi connectivity index (χ1) is 15.0. The van der Waals surface area contributed by atoms with Gasteiger partial charge in [-0.05, 0) is 57.1 Å². The second-order valence-electron chi connectivity index (χ2n) is 7.71. The fraction of sp³-hybridized carbons (Fsp3) is 0.440. The van der Waals surface area contributed by atoms with E-state index < -0.39 is 0 Å². The highest BCUT2D eigenvalue weighted by Gasteiger charge is 2.22. The molecule has 0 aliphatic rings. The number of fused-ring (bicyclic) bond motifs is 1. The van der Waals surface area contributed by atoms with Gasteiger partial charge in [0.25, 0.3) is 0 Å². The van der Waals surface area contributed by atoms with Crippen molar-refractivity contribution in [2.75, 3.05) is 37.7 Å². The quantitative estimate of drug-likeness (QED) is 0.434. The van der Waals surface area contributed by atoms with Crippen LogP contribution in [0.3, 0.4) is 0 Å². The van der Waals surface area contributed by atoms with Crippen LogP contribution in [0.1, 0.15) is 37.5 Å². The lowest BCUT2D eigenvalue weighted by atomic mass is 10.0. The Labute approximate surface area is 189 Å². The Balaban J connectivity index is 1.92. The largest absolute Gasteiger partial charge is 0.492 e. The molecule has 1 aromatic heterocycles. The smallest absolute Gasteiger partial charge is 0.233 e. The molecule has 0 saturated carbocycles. The zero-order chi connectivity index (χ0) is 22.4. The van der Waals surface area contributed by atoms with E-state index in [1.807, 2.05) is 30.0 Å². The number of amides is 1. The van der Waals surface area contributed by atoms with Crippen molar-refractivity contribution in [3.05, 3.63) is 53.1 Å². The van der Waals surface area contributed by atoms with Gasteiger partial charge in [-0.1, -0.05) is 55.0 Å². The van der Waals surface area contributed by atoms with Crippen LogP contribution in [-0.4, -0.2) is 48.6 Å². The summed E-state index contributed by atoms with van der Waals surface area (Å²) in [5, 5.41) is 0.740. The molecule has 3 aromatic rings.